The molecule has 1 aliphatic rings. The fourth-order valence-electron chi connectivity index (χ4n) is 2.77. The number of hydrogen-bond donors (Lipinski definition) is 2. The molecule has 0 spiro atoms. The molecule has 7 heteroatoms. The summed E-state index contributed by atoms with van der Waals surface area (Å²) in [5, 5.41) is 2.95. The maximum absolute atomic E-state index is 12.5. The maximum atomic E-state index is 12.5. The third-order valence-corrected chi connectivity index (χ3v) is 4.53. The summed E-state index contributed by atoms with van der Waals surface area (Å²) in [6.45, 7) is 3.05. The van der Waals surface area contributed by atoms with Crippen LogP contribution in [0.1, 0.15) is 24.0 Å². The number of ether oxygens (including phenoxy) is 2. The third kappa shape index (κ3) is 5.62. The summed E-state index contributed by atoms with van der Waals surface area (Å²) in [5.41, 5.74) is 2.04. The topological polar surface area (TPSA) is 72.3 Å². The van der Waals surface area contributed by atoms with Gasteiger partial charge in [0.25, 0.3) is 11.8 Å². The molecule has 1 aromatic rings. The summed E-state index contributed by atoms with van der Waals surface area (Å²) < 4.78 is 10.6. The minimum Gasteiger partial charge on any atom is -0.493 e. The highest BCUT2D eigenvalue weighted by Gasteiger charge is 2.25. The summed E-state index contributed by atoms with van der Waals surface area (Å²) in [4.78, 5) is 26.9. The van der Waals surface area contributed by atoms with E-state index in [0.717, 1.165) is 28.9 Å². The number of aryl methyl sites for hydroxylation is 1. The average molecular weight is 364 g/mol. The van der Waals surface area contributed by atoms with Crippen molar-refractivity contribution in [2.24, 2.45) is 0 Å². The van der Waals surface area contributed by atoms with E-state index >= 15 is 0 Å². The molecule has 1 atom stereocenters. The number of carbonyl (C=O) groups is 2. The second-order valence-electron chi connectivity index (χ2n) is 7.04. The Kier molecular flexibility index (Phi) is 6.85. The van der Waals surface area contributed by atoms with E-state index in [9.17, 15) is 9.59 Å². The zero-order valence-electron chi connectivity index (χ0n) is 16.3. The number of nitrogens with one attached hydrogen (secondary N) is 2. The van der Waals surface area contributed by atoms with Crippen LogP contribution in [0, 0.1) is 6.92 Å². The fourth-order valence-corrected chi connectivity index (χ4v) is 2.77. The van der Waals surface area contributed by atoms with Crippen LogP contribution >= 0.6 is 0 Å². The first-order valence-corrected chi connectivity index (χ1v) is 8.90. The highest BCUT2D eigenvalue weighted by atomic mass is 16.5. The van der Waals surface area contributed by atoms with Gasteiger partial charge in [-0.15, -0.1) is 0 Å². The van der Waals surface area contributed by atoms with Crippen molar-refractivity contribution in [3.05, 3.63) is 23.3 Å². The van der Waals surface area contributed by atoms with Gasteiger partial charge >= 0.3 is 0 Å². The van der Waals surface area contributed by atoms with Gasteiger partial charge in [0.05, 0.1) is 21.3 Å². The van der Waals surface area contributed by atoms with Crippen LogP contribution in [0.2, 0.25) is 0 Å². The van der Waals surface area contributed by atoms with Gasteiger partial charge in [0, 0.05) is 19.6 Å². The second kappa shape index (κ2) is 8.89. The lowest BCUT2D eigenvalue weighted by atomic mass is 10.1. The van der Waals surface area contributed by atoms with Crippen LogP contribution in [0.5, 0.6) is 11.5 Å². The van der Waals surface area contributed by atoms with Crippen molar-refractivity contribution in [2.75, 3.05) is 41.4 Å². The molecule has 2 N–H and O–H groups in total. The smallest absolute Gasteiger partial charge is 0.277 e. The minimum atomic E-state index is -0.00379. The van der Waals surface area contributed by atoms with Crippen LogP contribution in [0.15, 0.2) is 12.1 Å². The monoisotopic (exact) mass is 364 g/mol. The van der Waals surface area contributed by atoms with E-state index in [1.807, 2.05) is 26.1 Å². The van der Waals surface area contributed by atoms with Crippen molar-refractivity contribution in [1.29, 1.82) is 0 Å². The summed E-state index contributed by atoms with van der Waals surface area (Å²) in [6, 6.07) is 4.16. The molecule has 144 valence electrons. The Bertz CT molecular complexity index is 658. The van der Waals surface area contributed by atoms with Crippen LogP contribution in [0.4, 0.5) is 0 Å². The molecule has 0 bridgehead atoms. The van der Waals surface area contributed by atoms with Gasteiger partial charge in [0.2, 0.25) is 0 Å². The lowest BCUT2D eigenvalue weighted by Crippen LogP contribution is -3.11. The zero-order valence-corrected chi connectivity index (χ0v) is 16.3. The molecule has 1 saturated carbocycles. The number of amides is 2. The number of likely N-dealkylation sites (N-methyl/N-ethyl adjacent to an activating group) is 2. The van der Waals surface area contributed by atoms with Crippen molar-refractivity contribution in [2.45, 2.75) is 32.4 Å². The van der Waals surface area contributed by atoms with Crippen LogP contribution in [0.25, 0.3) is 0 Å². The molecule has 0 aromatic heterocycles. The Hall–Kier alpha value is -2.28. The van der Waals surface area contributed by atoms with Crippen molar-refractivity contribution in [3.8, 4) is 11.5 Å². The lowest BCUT2D eigenvalue weighted by molar-refractivity contribution is -0.863. The van der Waals surface area contributed by atoms with Gasteiger partial charge in [-0.05, 0) is 43.0 Å². The molecule has 0 heterocycles. The van der Waals surface area contributed by atoms with E-state index in [1.54, 1.807) is 26.2 Å². The molecule has 1 aliphatic carbocycles. The third-order valence-electron chi connectivity index (χ3n) is 4.53. The average Bonchev–Trinajstić information content (AvgIpc) is 3.39. The molecule has 1 unspecified atom stereocenters. The molecule has 0 aliphatic heterocycles. The fraction of sp³-hybridized carbons (Fsp3) is 0.579. The molecular formula is C19H30N3O4+. The number of methoxy groups -OCH3 is 2. The van der Waals surface area contributed by atoms with Gasteiger partial charge in [-0.2, -0.15) is 0 Å². The van der Waals surface area contributed by atoms with Crippen LogP contribution in [-0.2, 0) is 16.1 Å². The number of quaternary nitrogens is 1. The van der Waals surface area contributed by atoms with E-state index in [2.05, 4.69) is 5.32 Å². The highest BCUT2D eigenvalue weighted by Crippen LogP contribution is 2.30. The van der Waals surface area contributed by atoms with Gasteiger partial charge in [-0.25, -0.2) is 0 Å². The zero-order chi connectivity index (χ0) is 19.3. The standard InChI is InChI=1S/C19H29N3O4/c1-13-8-16(25-4)17(26-5)9-14(13)10-22(3)19(24)12-21(2)11-18(23)20-15-6-7-15/h8-9,15H,6-7,10-12H2,1-5H3,(H,20,23)/p+1. The van der Waals surface area contributed by atoms with Gasteiger partial charge in [0.1, 0.15) is 0 Å². The molecule has 7 nitrogen and oxygen atoms in total. The van der Waals surface area contributed by atoms with Crippen molar-refractivity contribution in [1.82, 2.24) is 10.2 Å². The van der Waals surface area contributed by atoms with Crippen molar-refractivity contribution >= 4 is 11.8 Å². The van der Waals surface area contributed by atoms with Crippen molar-refractivity contribution < 1.29 is 24.0 Å². The quantitative estimate of drug-likeness (QED) is 0.635. The van der Waals surface area contributed by atoms with E-state index in [1.165, 1.54) is 0 Å². The first-order valence-electron chi connectivity index (χ1n) is 8.90. The largest absolute Gasteiger partial charge is 0.493 e. The molecule has 2 rings (SSSR count). The number of rotatable bonds is 9. The molecule has 26 heavy (non-hydrogen) atoms. The highest BCUT2D eigenvalue weighted by molar-refractivity contribution is 5.79. The van der Waals surface area contributed by atoms with Crippen LogP contribution in [0.3, 0.4) is 0 Å². The lowest BCUT2D eigenvalue weighted by Gasteiger charge is -2.21. The first kappa shape index (κ1) is 20.0. The summed E-state index contributed by atoms with van der Waals surface area (Å²) >= 11 is 0. The van der Waals surface area contributed by atoms with E-state index < -0.39 is 0 Å². The Balaban J connectivity index is 1.90. The normalized spacial score (nSPS) is 14.5. The van der Waals surface area contributed by atoms with E-state index in [-0.39, 0.29) is 18.4 Å². The molecule has 2 amide bonds. The first-order chi connectivity index (χ1) is 12.3. The number of benzene rings is 1. The Morgan fingerprint density at radius 2 is 1.81 bits per heavy atom. The second-order valence-corrected chi connectivity index (χ2v) is 7.04. The SMILES string of the molecule is COc1cc(C)c(CN(C)C(=O)C[NH+](C)CC(=O)NC2CC2)cc1OC. The Morgan fingerprint density at radius 1 is 1.19 bits per heavy atom. The van der Waals surface area contributed by atoms with Gasteiger partial charge in [-0.3, -0.25) is 9.59 Å². The minimum absolute atomic E-state index is 0.00379. The van der Waals surface area contributed by atoms with Gasteiger partial charge < -0.3 is 24.6 Å². The van der Waals surface area contributed by atoms with Crippen LogP contribution < -0.4 is 19.7 Å². The summed E-state index contributed by atoms with van der Waals surface area (Å²) in [5.74, 6) is 1.33. The molecule has 1 aromatic carbocycles. The maximum Gasteiger partial charge on any atom is 0.277 e. The van der Waals surface area contributed by atoms with Crippen LogP contribution in [-0.4, -0.2) is 64.2 Å². The summed E-state index contributed by atoms with van der Waals surface area (Å²) in [7, 11) is 6.83. The van der Waals surface area contributed by atoms with Gasteiger partial charge in [-0.1, -0.05) is 0 Å². The number of carbonyl (C=O) groups excluding carboxylic acids is 2. The Labute approximate surface area is 155 Å². The number of nitrogens with zero attached hydrogens (tertiary/aromatic N) is 1. The van der Waals surface area contributed by atoms with E-state index in [4.69, 9.17) is 9.47 Å². The van der Waals surface area contributed by atoms with Gasteiger partial charge in [0.15, 0.2) is 24.6 Å². The Morgan fingerprint density at radius 3 is 2.38 bits per heavy atom. The summed E-state index contributed by atoms with van der Waals surface area (Å²) in [6.07, 6.45) is 2.13. The molecule has 1 fully saturated rings. The van der Waals surface area contributed by atoms with Crippen molar-refractivity contribution in [3.63, 3.8) is 0 Å². The molecular weight excluding hydrogens is 334 g/mol. The molecule has 0 saturated heterocycles. The molecule has 0 radical (unpaired) electrons. The number of hydrogen-bond acceptors (Lipinski definition) is 4. The predicted octanol–water partition coefficient (Wildman–Crippen LogP) is -0.236. The van der Waals surface area contributed by atoms with E-state index in [0.29, 0.717) is 30.6 Å². The predicted molar refractivity (Wildman–Crippen MR) is 98.5 cm³/mol.